The van der Waals surface area contributed by atoms with Crippen LogP contribution in [0.5, 0.6) is 11.5 Å². The molecular formula is C17H16N6O5S. The molecule has 0 atom stereocenters. The number of hydrogen-bond donors (Lipinski definition) is 1. The summed E-state index contributed by atoms with van der Waals surface area (Å²) in [6.45, 7) is 0. The summed E-state index contributed by atoms with van der Waals surface area (Å²) >= 11 is 1.14. The van der Waals surface area contributed by atoms with Crippen LogP contribution in [0.25, 0.3) is 5.69 Å². The second-order valence-electron chi connectivity index (χ2n) is 5.55. The molecule has 0 unspecified atom stereocenters. The van der Waals surface area contributed by atoms with Crippen molar-refractivity contribution in [2.75, 3.05) is 25.3 Å². The van der Waals surface area contributed by atoms with Gasteiger partial charge >= 0.3 is 0 Å². The Kier molecular flexibility index (Phi) is 6.24. The van der Waals surface area contributed by atoms with Gasteiger partial charge in [0.2, 0.25) is 11.1 Å². The Morgan fingerprint density at radius 2 is 1.97 bits per heavy atom. The van der Waals surface area contributed by atoms with Crippen LogP contribution in [0.1, 0.15) is 0 Å². The summed E-state index contributed by atoms with van der Waals surface area (Å²) in [5.74, 6) is 0.580. The molecule has 0 fully saturated rings. The molecule has 11 nitrogen and oxygen atoms in total. The van der Waals surface area contributed by atoms with Gasteiger partial charge in [0.15, 0.2) is 0 Å². The Labute approximate surface area is 169 Å². The molecule has 1 amide bonds. The number of anilines is 1. The number of ether oxygens (including phenoxy) is 2. The molecule has 150 valence electrons. The average Bonchev–Trinajstić information content (AvgIpc) is 3.21. The van der Waals surface area contributed by atoms with Crippen molar-refractivity contribution in [1.29, 1.82) is 0 Å². The SMILES string of the molecule is COc1ccc(-n2nnnc2SCC(=O)Nc2ccc([N+](=O)[O-])cc2OC)cc1. The number of rotatable bonds is 8. The first-order chi connectivity index (χ1) is 14.0. The predicted octanol–water partition coefficient (Wildman–Crippen LogP) is 2.32. The smallest absolute Gasteiger partial charge is 0.273 e. The van der Waals surface area contributed by atoms with Gasteiger partial charge in [0.05, 0.1) is 42.3 Å². The molecule has 0 aliphatic rings. The maximum Gasteiger partial charge on any atom is 0.273 e. The van der Waals surface area contributed by atoms with Gasteiger partial charge in [-0.3, -0.25) is 14.9 Å². The second-order valence-corrected chi connectivity index (χ2v) is 6.49. The third-order valence-corrected chi connectivity index (χ3v) is 4.68. The molecule has 0 aliphatic carbocycles. The minimum Gasteiger partial charge on any atom is -0.497 e. The molecule has 0 saturated heterocycles. The second kappa shape index (κ2) is 9.01. The topological polar surface area (TPSA) is 134 Å². The van der Waals surface area contributed by atoms with Crippen molar-refractivity contribution in [3.8, 4) is 17.2 Å². The highest BCUT2D eigenvalue weighted by molar-refractivity contribution is 7.99. The number of aromatic nitrogens is 4. The van der Waals surface area contributed by atoms with Gasteiger partial charge in [-0.1, -0.05) is 11.8 Å². The van der Waals surface area contributed by atoms with Gasteiger partial charge in [0, 0.05) is 6.07 Å². The number of nitro groups is 1. The number of nitrogens with one attached hydrogen (secondary N) is 1. The quantitative estimate of drug-likeness (QED) is 0.333. The first kappa shape index (κ1) is 20.1. The minimum absolute atomic E-state index is 0.0245. The standard InChI is InChI=1S/C17H16N6O5S/c1-27-13-6-3-11(4-7-13)22-17(19-20-21-22)29-10-16(24)18-14-8-5-12(23(25)26)9-15(14)28-2/h3-9H,10H2,1-2H3,(H,18,24). The van der Waals surface area contributed by atoms with E-state index >= 15 is 0 Å². The van der Waals surface area contributed by atoms with Crippen LogP contribution in [0.2, 0.25) is 0 Å². The first-order valence-corrected chi connectivity index (χ1v) is 9.18. The van der Waals surface area contributed by atoms with Crippen LogP contribution in [0.3, 0.4) is 0 Å². The van der Waals surface area contributed by atoms with Crippen molar-refractivity contribution >= 4 is 29.0 Å². The molecule has 0 radical (unpaired) electrons. The Morgan fingerprint density at radius 1 is 1.21 bits per heavy atom. The van der Waals surface area contributed by atoms with E-state index in [0.29, 0.717) is 16.6 Å². The third kappa shape index (κ3) is 4.79. The summed E-state index contributed by atoms with van der Waals surface area (Å²) in [6.07, 6.45) is 0. The molecule has 0 saturated carbocycles. The van der Waals surface area contributed by atoms with Gasteiger partial charge in [-0.05, 0) is 40.8 Å². The maximum atomic E-state index is 12.3. The minimum atomic E-state index is -0.539. The van der Waals surface area contributed by atoms with Crippen LogP contribution in [-0.4, -0.2) is 51.0 Å². The van der Waals surface area contributed by atoms with Gasteiger partial charge < -0.3 is 14.8 Å². The number of hydrogen-bond acceptors (Lipinski definition) is 9. The van der Waals surface area contributed by atoms with Gasteiger partial charge in [-0.15, -0.1) is 5.10 Å². The van der Waals surface area contributed by atoms with E-state index < -0.39 is 4.92 Å². The van der Waals surface area contributed by atoms with Crippen molar-refractivity contribution < 1.29 is 19.2 Å². The fraction of sp³-hybridized carbons (Fsp3) is 0.176. The molecule has 0 spiro atoms. The highest BCUT2D eigenvalue weighted by Crippen LogP contribution is 2.29. The van der Waals surface area contributed by atoms with Crippen molar-refractivity contribution in [1.82, 2.24) is 20.2 Å². The van der Waals surface area contributed by atoms with E-state index in [2.05, 4.69) is 20.8 Å². The number of tetrazole rings is 1. The average molecular weight is 416 g/mol. The van der Waals surface area contributed by atoms with Crippen molar-refractivity contribution in [3.05, 3.63) is 52.6 Å². The highest BCUT2D eigenvalue weighted by Gasteiger charge is 2.15. The van der Waals surface area contributed by atoms with Crippen LogP contribution in [0.15, 0.2) is 47.6 Å². The summed E-state index contributed by atoms with van der Waals surface area (Å²) in [6, 6.07) is 11.1. The highest BCUT2D eigenvalue weighted by atomic mass is 32.2. The van der Waals surface area contributed by atoms with Crippen LogP contribution in [0.4, 0.5) is 11.4 Å². The Bertz CT molecular complexity index is 1020. The normalized spacial score (nSPS) is 10.4. The lowest BCUT2D eigenvalue weighted by Crippen LogP contribution is -2.15. The summed E-state index contributed by atoms with van der Waals surface area (Å²) in [5, 5.41) is 25.5. The lowest BCUT2D eigenvalue weighted by Gasteiger charge is -2.10. The molecular weight excluding hydrogens is 400 g/mol. The van der Waals surface area contributed by atoms with E-state index in [1.165, 1.54) is 30.0 Å². The molecule has 3 aromatic rings. The molecule has 1 heterocycles. The van der Waals surface area contributed by atoms with Crippen LogP contribution in [-0.2, 0) is 4.79 Å². The third-order valence-electron chi connectivity index (χ3n) is 3.76. The van der Waals surface area contributed by atoms with E-state index in [-0.39, 0.29) is 23.1 Å². The number of benzene rings is 2. The van der Waals surface area contributed by atoms with Crippen LogP contribution in [0, 0.1) is 10.1 Å². The molecule has 1 N–H and O–H groups in total. The van der Waals surface area contributed by atoms with E-state index in [9.17, 15) is 14.9 Å². The van der Waals surface area contributed by atoms with Crippen LogP contribution < -0.4 is 14.8 Å². The lowest BCUT2D eigenvalue weighted by atomic mass is 10.2. The fourth-order valence-electron chi connectivity index (χ4n) is 2.37. The number of nitrogens with zero attached hydrogens (tertiary/aromatic N) is 5. The number of amides is 1. The van der Waals surface area contributed by atoms with Crippen molar-refractivity contribution in [2.24, 2.45) is 0 Å². The molecule has 29 heavy (non-hydrogen) atoms. The van der Waals surface area contributed by atoms with E-state index in [1.54, 1.807) is 31.4 Å². The zero-order valence-electron chi connectivity index (χ0n) is 15.4. The van der Waals surface area contributed by atoms with Crippen molar-refractivity contribution in [3.63, 3.8) is 0 Å². The van der Waals surface area contributed by atoms with Crippen LogP contribution >= 0.6 is 11.8 Å². The molecule has 0 bridgehead atoms. The summed E-state index contributed by atoms with van der Waals surface area (Å²) in [7, 11) is 2.94. The number of non-ortho nitro benzene ring substituents is 1. The molecule has 1 aromatic heterocycles. The zero-order chi connectivity index (χ0) is 20.8. The number of thioether (sulfide) groups is 1. The zero-order valence-corrected chi connectivity index (χ0v) is 16.3. The molecule has 0 aliphatic heterocycles. The lowest BCUT2D eigenvalue weighted by molar-refractivity contribution is -0.384. The largest absolute Gasteiger partial charge is 0.497 e. The van der Waals surface area contributed by atoms with E-state index in [4.69, 9.17) is 9.47 Å². The number of methoxy groups -OCH3 is 2. The predicted molar refractivity (Wildman–Crippen MR) is 105 cm³/mol. The first-order valence-electron chi connectivity index (χ1n) is 8.19. The molecule has 3 rings (SSSR count). The maximum absolute atomic E-state index is 12.3. The Morgan fingerprint density at radius 3 is 2.62 bits per heavy atom. The van der Waals surface area contributed by atoms with Crippen molar-refractivity contribution in [2.45, 2.75) is 5.16 Å². The van der Waals surface area contributed by atoms with Gasteiger partial charge in [-0.2, -0.15) is 4.68 Å². The number of carbonyl (C=O) groups excluding carboxylic acids is 1. The number of carbonyl (C=O) groups is 1. The monoisotopic (exact) mass is 416 g/mol. The van der Waals surface area contributed by atoms with E-state index in [1.807, 2.05) is 0 Å². The van der Waals surface area contributed by atoms with E-state index in [0.717, 1.165) is 17.4 Å². The molecule has 12 heteroatoms. The van der Waals surface area contributed by atoms with Gasteiger partial charge in [0.1, 0.15) is 11.5 Å². The van der Waals surface area contributed by atoms with Gasteiger partial charge in [0.25, 0.3) is 5.69 Å². The summed E-state index contributed by atoms with van der Waals surface area (Å²) in [4.78, 5) is 22.6. The summed E-state index contributed by atoms with van der Waals surface area (Å²) < 4.78 is 11.7. The number of nitro benzene ring substituents is 1. The Balaban J connectivity index is 1.66. The fourth-order valence-corrected chi connectivity index (χ4v) is 3.06. The van der Waals surface area contributed by atoms with Gasteiger partial charge in [-0.25, -0.2) is 0 Å². The Hall–Kier alpha value is -3.67. The summed E-state index contributed by atoms with van der Waals surface area (Å²) in [5.41, 5.74) is 0.919. The molecule has 2 aromatic carbocycles.